The summed E-state index contributed by atoms with van der Waals surface area (Å²) in [5.74, 6) is 0.501. The Bertz CT molecular complexity index is 317. The monoisotopic (exact) mass is 198 g/mol. The van der Waals surface area contributed by atoms with Crippen molar-refractivity contribution in [2.45, 2.75) is 13.5 Å². The van der Waals surface area contributed by atoms with Crippen LogP contribution in [0.5, 0.6) is 0 Å². The van der Waals surface area contributed by atoms with Crippen molar-refractivity contribution in [2.75, 3.05) is 5.88 Å². The summed E-state index contributed by atoms with van der Waals surface area (Å²) in [5, 5.41) is 4.14. The molecule has 1 aromatic rings. The molecule has 0 atom stereocenters. The van der Waals surface area contributed by atoms with Gasteiger partial charge in [0.15, 0.2) is 6.29 Å². The normalized spacial score (nSPS) is 10.9. The van der Waals surface area contributed by atoms with E-state index in [1.807, 2.05) is 19.1 Å². The van der Waals surface area contributed by atoms with Crippen molar-refractivity contribution < 1.29 is 4.79 Å². The van der Waals surface area contributed by atoms with Crippen molar-refractivity contribution >= 4 is 17.9 Å². The van der Waals surface area contributed by atoms with E-state index in [1.165, 1.54) is 0 Å². The fraction of sp³-hybridized carbons (Fsp3) is 0.333. The Kier molecular flexibility index (Phi) is 3.71. The Balaban J connectivity index is 2.68. The second kappa shape index (κ2) is 4.82. The number of allylic oxidation sites excluding steroid dienone is 2. The third-order valence-corrected chi connectivity index (χ3v) is 1.84. The summed E-state index contributed by atoms with van der Waals surface area (Å²) < 4.78 is 1.71. The third-order valence-electron chi connectivity index (χ3n) is 1.66. The fourth-order valence-electron chi connectivity index (χ4n) is 0.988. The van der Waals surface area contributed by atoms with Crippen molar-refractivity contribution in [1.82, 2.24) is 9.78 Å². The lowest BCUT2D eigenvalue weighted by atomic mass is 10.3. The fourth-order valence-corrected chi connectivity index (χ4v) is 1.11. The summed E-state index contributed by atoms with van der Waals surface area (Å²) in [6.07, 6.45) is 6.29. The molecule has 0 aromatic carbocycles. The number of halogens is 1. The lowest BCUT2D eigenvalue weighted by Crippen LogP contribution is -1.95. The van der Waals surface area contributed by atoms with E-state index in [2.05, 4.69) is 5.10 Å². The summed E-state index contributed by atoms with van der Waals surface area (Å²) in [4.78, 5) is 10.5. The van der Waals surface area contributed by atoms with Crippen LogP contribution < -0.4 is 0 Å². The van der Waals surface area contributed by atoms with E-state index in [0.717, 1.165) is 12.0 Å². The molecule has 0 amide bonds. The lowest BCUT2D eigenvalue weighted by molar-refractivity contribution is 0.112. The second-order valence-electron chi connectivity index (χ2n) is 2.64. The first-order valence-corrected chi connectivity index (χ1v) is 4.51. The smallest absolute Gasteiger partial charge is 0.153 e. The van der Waals surface area contributed by atoms with Crippen molar-refractivity contribution in [1.29, 1.82) is 0 Å². The largest absolute Gasteiger partial charge is 0.298 e. The number of hydrogen-bond donors (Lipinski definition) is 0. The summed E-state index contributed by atoms with van der Waals surface area (Å²) in [5.41, 5.74) is 1.40. The van der Waals surface area contributed by atoms with E-state index in [0.29, 0.717) is 18.0 Å². The van der Waals surface area contributed by atoms with Crippen LogP contribution in [0.3, 0.4) is 0 Å². The van der Waals surface area contributed by atoms with E-state index < -0.39 is 0 Å². The number of aromatic nitrogens is 2. The first-order chi connectivity index (χ1) is 6.27. The van der Waals surface area contributed by atoms with E-state index in [4.69, 9.17) is 11.6 Å². The van der Waals surface area contributed by atoms with Crippen LogP contribution in [0.25, 0.3) is 0 Å². The highest BCUT2D eigenvalue weighted by Gasteiger charge is 2.00. The van der Waals surface area contributed by atoms with Gasteiger partial charge in [0.1, 0.15) is 0 Å². The number of aldehydes is 1. The zero-order valence-electron chi connectivity index (χ0n) is 7.40. The van der Waals surface area contributed by atoms with E-state index in [9.17, 15) is 4.79 Å². The van der Waals surface area contributed by atoms with Crippen molar-refractivity contribution in [3.05, 3.63) is 29.6 Å². The van der Waals surface area contributed by atoms with Crippen LogP contribution in [0.15, 0.2) is 18.3 Å². The molecule has 0 spiro atoms. The Labute approximate surface area is 82.0 Å². The minimum atomic E-state index is 0.501. The molecule has 70 valence electrons. The summed E-state index contributed by atoms with van der Waals surface area (Å²) in [6, 6.07) is 0. The van der Waals surface area contributed by atoms with Crippen molar-refractivity contribution in [3.63, 3.8) is 0 Å². The molecule has 0 unspecified atom stereocenters. The van der Waals surface area contributed by atoms with Gasteiger partial charge in [-0.3, -0.25) is 9.48 Å². The number of aryl methyl sites for hydroxylation is 1. The highest BCUT2D eigenvalue weighted by molar-refractivity contribution is 6.18. The van der Waals surface area contributed by atoms with E-state index >= 15 is 0 Å². The Morgan fingerprint density at radius 1 is 1.62 bits per heavy atom. The Morgan fingerprint density at radius 3 is 2.92 bits per heavy atom. The zero-order chi connectivity index (χ0) is 9.68. The van der Waals surface area contributed by atoms with Gasteiger partial charge in [0.05, 0.1) is 17.8 Å². The zero-order valence-corrected chi connectivity index (χ0v) is 8.16. The first kappa shape index (κ1) is 9.99. The number of carbonyl (C=O) groups is 1. The first-order valence-electron chi connectivity index (χ1n) is 3.98. The maximum atomic E-state index is 10.5. The molecule has 1 aromatic heterocycles. The molecule has 3 nitrogen and oxygen atoms in total. The summed E-state index contributed by atoms with van der Waals surface area (Å²) in [6.45, 7) is 2.47. The van der Waals surface area contributed by atoms with Gasteiger partial charge in [-0.2, -0.15) is 5.10 Å². The molecular weight excluding hydrogens is 188 g/mol. The minimum Gasteiger partial charge on any atom is -0.298 e. The quantitative estimate of drug-likeness (QED) is 0.420. The van der Waals surface area contributed by atoms with E-state index in [-0.39, 0.29) is 0 Å². The van der Waals surface area contributed by atoms with Gasteiger partial charge in [-0.1, -0.05) is 12.2 Å². The standard InChI is InChI=1S/C9H11ClN2O/c1-8-9(7-13)6-12(11-8)5-3-2-4-10/h2-3,6-7H,4-5H2,1H3. The molecule has 4 heteroatoms. The highest BCUT2D eigenvalue weighted by Crippen LogP contribution is 2.01. The van der Waals surface area contributed by atoms with Crippen LogP contribution in [0, 0.1) is 6.92 Å². The van der Waals surface area contributed by atoms with Crippen molar-refractivity contribution in [3.8, 4) is 0 Å². The van der Waals surface area contributed by atoms with Crippen LogP contribution >= 0.6 is 11.6 Å². The van der Waals surface area contributed by atoms with Crippen LogP contribution in [0.4, 0.5) is 0 Å². The van der Waals surface area contributed by atoms with Gasteiger partial charge >= 0.3 is 0 Å². The Morgan fingerprint density at radius 2 is 2.38 bits per heavy atom. The van der Waals surface area contributed by atoms with Crippen LogP contribution in [0.1, 0.15) is 16.1 Å². The minimum absolute atomic E-state index is 0.501. The number of carbonyl (C=O) groups excluding carboxylic acids is 1. The molecule has 0 fully saturated rings. The number of rotatable bonds is 4. The third kappa shape index (κ3) is 2.70. The molecular formula is C9H11ClN2O. The topological polar surface area (TPSA) is 34.9 Å². The lowest BCUT2D eigenvalue weighted by Gasteiger charge is -1.92. The predicted molar refractivity (Wildman–Crippen MR) is 52.2 cm³/mol. The maximum absolute atomic E-state index is 10.5. The highest BCUT2D eigenvalue weighted by atomic mass is 35.5. The van der Waals surface area contributed by atoms with Gasteiger partial charge in [-0.05, 0) is 6.92 Å². The molecule has 0 saturated heterocycles. The summed E-state index contributed by atoms with van der Waals surface area (Å²) >= 11 is 5.46. The van der Waals surface area contributed by atoms with Gasteiger partial charge in [0.2, 0.25) is 0 Å². The van der Waals surface area contributed by atoms with Gasteiger partial charge in [0.25, 0.3) is 0 Å². The number of nitrogens with zero attached hydrogens (tertiary/aromatic N) is 2. The summed E-state index contributed by atoms with van der Waals surface area (Å²) in [7, 11) is 0. The van der Waals surface area contributed by atoms with Crippen LogP contribution in [0.2, 0.25) is 0 Å². The van der Waals surface area contributed by atoms with Gasteiger partial charge in [-0.15, -0.1) is 11.6 Å². The molecule has 0 aliphatic carbocycles. The van der Waals surface area contributed by atoms with Gasteiger partial charge in [-0.25, -0.2) is 0 Å². The number of hydrogen-bond acceptors (Lipinski definition) is 2. The molecule has 0 saturated carbocycles. The van der Waals surface area contributed by atoms with Crippen molar-refractivity contribution in [2.24, 2.45) is 0 Å². The molecule has 0 bridgehead atoms. The van der Waals surface area contributed by atoms with Gasteiger partial charge in [0, 0.05) is 12.1 Å². The molecule has 13 heavy (non-hydrogen) atoms. The van der Waals surface area contributed by atoms with E-state index in [1.54, 1.807) is 10.9 Å². The molecule has 1 heterocycles. The SMILES string of the molecule is Cc1nn(CC=CCCl)cc1C=O. The molecule has 0 aliphatic rings. The van der Waals surface area contributed by atoms with Crippen LogP contribution in [-0.2, 0) is 6.54 Å². The molecule has 0 N–H and O–H groups in total. The maximum Gasteiger partial charge on any atom is 0.153 e. The van der Waals surface area contributed by atoms with Gasteiger partial charge < -0.3 is 0 Å². The average molecular weight is 199 g/mol. The molecule has 1 rings (SSSR count). The van der Waals surface area contributed by atoms with Crippen LogP contribution in [-0.4, -0.2) is 21.9 Å². The predicted octanol–water partition coefficient (Wildman–Crippen LogP) is 1.80. The Hall–Kier alpha value is -1.09. The second-order valence-corrected chi connectivity index (χ2v) is 2.94. The molecule has 0 radical (unpaired) electrons. The number of alkyl halides is 1. The molecule has 0 aliphatic heterocycles. The average Bonchev–Trinajstić information content (AvgIpc) is 2.47.